The largest absolute Gasteiger partial charge is 0.390 e. The summed E-state index contributed by atoms with van der Waals surface area (Å²) in [4.78, 5) is 26.2. The van der Waals surface area contributed by atoms with Crippen molar-refractivity contribution in [2.45, 2.75) is 36.9 Å². The Morgan fingerprint density at radius 3 is 1.87 bits per heavy atom. The van der Waals surface area contributed by atoms with Crippen molar-refractivity contribution >= 4 is 11.8 Å². The molecule has 2 saturated carbocycles. The summed E-state index contributed by atoms with van der Waals surface area (Å²) in [6, 6.07) is 5.44. The first-order chi connectivity index (χ1) is 10.9. The number of rotatable bonds is 1. The standard InChI is InChI=1S/C16H17NO6/c18-11-9-5-8(9)10(12(19)14(21)13(11)20)17-15(22)6-3-1-2-4-7(6)16(17)23/h1-4,8-14,18-21H,5H2/t8-,9+,10-,11+,12-,13-,14+/m1/s1. The third-order valence-corrected chi connectivity index (χ3v) is 5.29. The first-order valence-corrected chi connectivity index (χ1v) is 7.62. The van der Waals surface area contributed by atoms with Gasteiger partial charge in [-0.3, -0.25) is 14.5 Å². The molecule has 1 heterocycles. The topological polar surface area (TPSA) is 118 Å². The maximum Gasteiger partial charge on any atom is 0.261 e. The van der Waals surface area contributed by atoms with Crippen LogP contribution in [0.15, 0.2) is 24.3 Å². The highest BCUT2D eigenvalue weighted by Gasteiger charge is 2.61. The average Bonchev–Trinajstić information content (AvgIpc) is 3.31. The number of fused-ring (bicyclic) bond motifs is 2. The van der Waals surface area contributed by atoms with Crippen molar-refractivity contribution in [2.24, 2.45) is 11.8 Å². The monoisotopic (exact) mass is 319 g/mol. The molecular weight excluding hydrogens is 302 g/mol. The van der Waals surface area contributed by atoms with Gasteiger partial charge in [-0.25, -0.2) is 0 Å². The first-order valence-electron chi connectivity index (χ1n) is 7.62. The predicted molar refractivity (Wildman–Crippen MR) is 76.4 cm³/mol. The van der Waals surface area contributed by atoms with E-state index in [0.29, 0.717) is 6.42 Å². The van der Waals surface area contributed by atoms with Crippen LogP contribution < -0.4 is 0 Å². The van der Waals surface area contributed by atoms with Crippen LogP contribution in [-0.4, -0.2) is 67.6 Å². The Labute approximate surface area is 131 Å². The third-order valence-electron chi connectivity index (χ3n) is 5.29. The van der Waals surface area contributed by atoms with Crippen molar-refractivity contribution in [1.82, 2.24) is 4.90 Å². The molecule has 1 aliphatic heterocycles. The minimum atomic E-state index is -1.62. The second-order valence-corrected chi connectivity index (χ2v) is 6.54. The number of carbonyl (C=O) groups excluding carboxylic acids is 2. The quantitative estimate of drug-likeness (QED) is 0.480. The first kappa shape index (κ1) is 14.8. The molecule has 0 aromatic heterocycles. The zero-order valence-corrected chi connectivity index (χ0v) is 12.1. The van der Waals surface area contributed by atoms with E-state index in [9.17, 15) is 30.0 Å². The lowest BCUT2D eigenvalue weighted by Crippen LogP contribution is -2.54. The Morgan fingerprint density at radius 1 is 0.783 bits per heavy atom. The highest BCUT2D eigenvalue weighted by molar-refractivity contribution is 6.21. The zero-order chi connectivity index (χ0) is 16.5. The molecule has 4 N–H and O–H groups in total. The summed E-state index contributed by atoms with van der Waals surface area (Å²) in [6.07, 6.45) is -5.31. The minimum Gasteiger partial charge on any atom is -0.390 e. The average molecular weight is 319 g/mol. The molecule has 0 radical (unpaired) electrons. The molecule has 2 amide bonds. The maximum absolute atomic E-state index is 12.6. The second-order valence-electron chi connectivity index (χ2n) is 6.54. The fourth-order valence-corrected chi connectivity index (χ4v) is 3.96. The number of amides is 2. The van der Waals surface area contributed by atoms with Gasteiger partial charge in [0.05, 0.1) is 23.3 Å². The van der Waals surface area contributed by atoms with Gasteiger partial charge in [0.2, 0.25) is 0 Å². The van der Waals surface area contributed by atoms with E-state index in [2.05, 4.69) is 0 Å². The van der Waals surface area contributed by atoms with Crippen LogP contribution in [0.25, 0.3) is 0 Å². The van der Waals surface area contributed by atoms with Crippen LogP contribution in [0.4, 0.5) is 0 Å². The Kier molecular flexibility index (Phi) is 3.11. The molecule has 4 rings (SSSR count). The van der Waals surface area contributed by atoms with Crippen molar-refractivity contribution < 1.29 is 30.0 Å². The summed E-state index contributed by atoms with van der Waals surface area (Å²) in [6.45, 7) is 0. The van der Waals surface area contributed by atoms with Gasteiger partial charge >= 0.3 is 0 Å². The van der Waals surface area contributed by atoms with Gasteiger partial charge in [-0.1, -0.05) is 12.1 Å². The number of benzene rings is 1. The lowest BCUT2D eigenvalue weighted by Gasteiger charge is -2.33. The molecule has 122 valence electrons. The summed E-state index contributed by atoms with van der Waals surface area (Å²) < 4.78 is 0. The Morgan fingerprint density at radius 2 is 1.30 bits per heavy atom. The van der Waals surface area contributed by atoms with E-state index in [1.807, 2.05) is 0 Å². The molecule has 1 aromatic rings. The summed E-state index contributed by atoms with van der Waals surface area (Å²) in [7, 11) is 0. The number of carbonyl (C=O) groups is 2. The molecular formula is C16H17NO6. The van der Waals surface area contributed by atoms with Crippen LogP contribution in [0.1, 0.15) is 27.1 Å². The van der Waals surface area contributed by atoms with E-state index < -0.39 is 42.3 Å². The number of aliphatic hydroxyl groups excluding tert-OH is 4. The Balaban J connectivity index is 1.74. The number of hydrogen-bond donors (Lipinski definition) is 4. The maximum atomic E-state index is 12.6. The van der Waals surface area contributed by atoms with E-state index in [4.69, 9.17) is 0 Å². The Hall–Kier alpha value is -1.80. The minimum absolute atomic E-state index is 0.265. The van der Waals surface area contributed by atoms with E-state index >= 15 is 0 Å². The molecule has 2 aliphatic carbocycles. The van der Waals surface area contributed by atoms with Crippen molar-refractivity contribution in [3.05, 3.63) is 35.4 Å². The van der Waals surface area contributed by atoms with Crippen molar-refractivity contribution in [3.8, 4) is 0 Å². The second kappa shape index (κ2) is 4.85. The number of nitrogens with zero attached hydrogens (tertiary/aromatic N) is 1. The van der Waals surface area contributed by atoms with Gasteiger partial charge in [0, 0.05) is 0 Å². The molecule has 23 heavy (non-hydrogen) atoms. The van der Waals surface area contributed by atoms with Crippen molar-refractivity contribution in [2.75, 3.05) is 0 Å². The fourth-order valence-electron chi connectivity index (χ4n) is 3.96. The van der Waals surface area contributed by atoms with E-state index in [-0.39, 0.29) is 23.0 Å². The molecule has 0 spiro atoms. The van der Waals surface area contributed by atoms with E-state index in [1.165, 1.54) is 0 Å². The number of imide groups is 1. The molecule has 7 atom stereocenters. The van der Waals surface area contributed by atoms with Gasteiger partial charge in [0.15, 0.2) is 0 Å². The third kappa shape index (κ3) is 1.91. The number of aliphatic hydroxyl groups is 4. The van der Waals surface area contributed by atoms with E-state index in [1.54, 1.807) is 24.3 Å². The molecule has 3 aliphatic rings. The van der Waals surface area contributed by atoms with Crippen molar-refractivity contribution in [1.29, 1.82) is 0 Å². The van der Waals surface area contributed by atoms with Gasteiger partial charge in [0.25, 0.3) is 11.8 Å². The molecule has 7 nitrogen and oxygen atoms in total. The van der Waals surface area contributed by atoms with Gasteiger partial charge in [-0.2, -0.15) is 0 Å². The lowest BCUT2D eigenvalue weighted by atomic mass is 9.98. The summed E-state index contributed by atoms with van der Waals surface area (Å²) >= 11 is 0. The van der Waals surface area contributed by atoms with Gasteiger partial charge in [-0.05, 0) is 30.4 Å². The fraction of sp³-hybridized carbons (Fsp3) is 0.500. The SMILES string of the molecule is O=C1c2ccccc2C(=O)N1[C@H]1[C@@H](O)[C@H](O)[C@H](O)[C@@H](O)[C@H]2C[C@H]21. The highest BCUT2D eigenvalue weighted by atomic mass is 16.4. The predicted octanol–water partition coefficient (Wildman–Crippen LogP) is -1.26. The molecule has 0 bridgehead atoms. The van der Waals surface area contributed by atoms with Crippen LogP contribution in [-0.2, 0) is 0 Å². The number of hydrogen-bond acceptors (Lipinski definition) is 6. The van der Waals surface area contributed by atoms with Crippen LogP contribution in [0.3, 0.4) is 0 Å². The van der Waals surface area contributed by atoms with E-state index in [0.717, 1.165) is 4.90 Å². The smallest absolute Gasteiger partial charge is 0.261 e. The van der Waals surface area contributed by atoms with Crippen LogP contribution in [0.5, 0.6) is 0 Å². The molecule has 7 heteroatoms. The highest BCUT2D eigenvalue weighted by Crippen LogP contribution is 2.51. The van der Waals surface area contributed by atoms with Gasteiger partial charge in [0.1, 0.15) is 18.3 Å². The zero-order valence-electron chi connectivity index (χ0n) is 12.1. The molecule has 0 saturated heterocycles. The van der Waals surface area contributed by atoms with Crippen LogP contribution in [0, 0.1) is 11.8 Å². The summed E-state index contributed by atoms with van der Waals surface area (Å²) in [5, 5.41) is 40.4. The van der Waals surface area contributed by atoms with Gasteiger partial charge < -0.3 is 20.4 Å². The normalized spacial score (nSPS) is 42.3. The Bertz CT molecular complexity index is 656. The molecule has 1 aromatic carbocycles. The van der Waals surface area contributed by atoms with Crippen molar-refractivity contribution in [3.63, 3.8) is 0 Å². The van der Waals surface area contributed by atoms with Crippen LogP contribution >= 0.6 is 0 Å². The molecule has 0 unspecified atom stereocenters. The van der Waals surface area contributed by atoms with Crippen LogP contribution in [0.2, 0.25) is 0 Å². The lowest BCUT2D eigenvalue weighted by molar-refractivity contribution is -0.111. The summed E-state index contributed by atoms with van der Waals surface area (Å²) in [5.74, 6) is -1.70. The summed E-state index contributed by atoms with van der Waals surface area (Å²) in [5.41, 5.74) is 0.531. The van der Waals surface area contributed by atoms with Gasteiger partial charge in [-0.15, -0.1) is 0 Å². The molecule has 2 fully saturated rings.